The largest absolute Gasteiger partial charge is 0.329 e. The minimum absolute atomic E-state index is 0.158. The van der Waals surface area contributed by atoms with Gasteiger partial charge in [0.05, 0.1) is 0 Å². The molecule has 2 rings (SSSR count). The van der Waals surface area contributed by atoms with Crippen LogP contribution >= 0.6 is 15.9 Å². The minimum atomic E-state index is -0.221. The van der Waals surface area contributed by atoms with Crippen molar-refractivity contribution in [1.29, 1.82) is 0 Å². The Morgan fingerprint density at radius 1 is 1.53 bits per heavy atom. The number of hydrogen-bond donors (Lipinski definition) is 1. The van der Waals surface area contributed by atoms with Crippen LogP contribution in [-0.4, -0.2) is 25.0 Å². The average Bonchev–Trinajstić information content (AvgIpc) is 3.06. The fourth-order valence-corrected chi connectivity index (χ4v) is 2.77. The van der Waals surface area contributed by atoms with Gasteiger partial charge >= 0.3 is 0 Å². The second kappa shape index (κ2) is 5.46. The summed E-state index contributed by atoms with van der Waals surface area (Å²) in [5, 5.41) is 0. The van der Waals surface area contributed by atoms with Crippen molar-refractivity contribution in [2.24, 2.45) is 11.7 Å². The van der Waals surface area contributed by atoms with Gasteiger partial charge in [0, 0.05) is 23.6 Å². The van der Waals surface area contributed by atoms with Crippen LogP contribution in [0.5, 0.6) is 0 Å². The van der Waals surface area contributed by atoms with E-state index in [0.717, 1.165) is 22.5 Å². The molecule has 1 unspecified atom stereocenters. The van der Waals surface area contributed by atoms with E-state index in [1.54, 1.807) is 0 Å². The molecule has 0 heterocycles. The standard InChI is InChI=1S/C13H18BrFN2/c1-17(8-9-2-3-9)13(7-16)11-5-4-10(15)6-12(11)14/h4-6,9,13H,2-3,7-8,16H2,1H3. The quantitative estimate of drug-likeness (QED) is 0.906. The van der Waals surface area contributed by atoms with E-state index >= 15 is 0 Å². The van der Waals surface area contributed by atoms with Crippen molar-refractivity contribution in [3.63, 3.8) is 0 Å². The Morgan fingerprint density at radius 3 is 2.76 bits per heavy atom. The van der Waals surface area contributed by atoms with Crippen molar-refractivity contribution < 1.29 is 4.39 Å². The summed E-state index contributed by atoms with van der Waals surface area (Å²) in [6.45, 7) is 1.62. The Morgan fingerprint density at radius 2 is 2.24 bits per heavy atom. The van der Waals surface area contributed by atoms with Crippen LogP contribution in [0.15, 0.2) is 22.7 Å². The Hall–Kier alpha value is -0.450. The fraction of sp³-hybridized carbons (Fsp3) is 0.538. The maximum Gasteiger partial charge on any atom is 0.124 e. The predicted octanol–water partition coefficient (Wildman–Crippen LogP) is 2.93. The third kappa shape index (κ3) is 3.27. The lowest BCUT2D eigenvalue weighted by Crippen LogP contribution is -2.32. The third-order valence-electron chi connectivity index (χ3n) is 3.32. The van der Waals surface area contributed by atoms with Crippen molar-refractivity contribution in [3.05, 3.63) is 34.1 Å². The van der Waals surface area contributed by atoms with E-state index in [9.17, 15) is 4.39 Å². The van der Waals surface area contributed by atoms with Gasteiger partial charge in [0.2, 0.25) is 0 Å². The van der Waals surface area contributed by atoms with E-state index < -0.39 is 0 Å². The van der Waals surface area contributed by atoms with Crippen LogP contribution in [0.1, 0.15) is 24.4 Å². The zero-order valence-electron chi connectivity index (χ0n) is 10.00. The van der Waals surface area contributed by atoms with Gasteiger partial charge in [0.1, 0.15) is 5.82 Å². The summed E-state index contributed by atoms with van der Waals surface area (Å²) < 4.78 is 13.9. The van der Waals surface area contributed by atoms with Crippen LogP contribution in [-0.2, 0) is 0 Å². The molecule has 2 N–H and O–H groups in total. The molecule has 0 spiro atoms. The van der Waals surface area contributed by atoms with Crippen LogP contribution in [0.25, 0.3) is 0 Å². The predicted molar refractivity (Wildman–Crippen MR) is 71.2 cm³/mol. The Bertz CT molecular complexity index is 393. The van der Waals surface area contributed by atoms with E-state index in [1.807, 2.05) is 6.07 Å². The summed E-state index contributed by atoms with van der Waals surface area (Å²) in [6.07, 6.45) is 2.65. The first kappa shape index (κ1) is 13.0. The first-order chi connectivity index (χ1) is 8.11. The van der Waals surface area contributed by atoms with E-state index in [2.05, 4.69) is 27.9 Å². The van der Waals surface area contributed by atoms with Gasteiger partial charge < -0.3 is 5.73 Å². The molecule has 1 aliphatic rings. The van der Waals surface area contributed by atoms with Gasteiger partial charge in [0.25, 0.3) is 0 Å². The monoisotopic (exact) mass is 300 g/mol. The van der Waals surface area contributed by atoms with Gasteiger partial charge in [-0.05, 0) is 43.5 Å². The second-order valence-corrected chi connectivity index (χ2v) is 5.65. The molecule has 1 aromatic carbocycles. The Balaban J connectivity index is 2.14. The van der Waals surface area contributed by atoms with Crippen LogP contribution in [0.2, 0.25) is 0 Å². The highest BCUT2D eigenvalue weighted by atomic mass is 79.9. The van der Waals surface area contributed by atoms with Gasteiger partial charge in [-0.2, -0.15) is 0 Å². The van der Waals surface area contributed by atoms with Gasteiger partial charge in [0.15, 0.2) is 0 Å². The highest BCUT2D eigenvalue weighted by Gasteiger charge is 2.26. The number of hydrogen-bond acceptors (Lipinski definition) is 2. The zero-order chi connectivity index (χ0) is 12.4. The van der Waals surface area contributed by atoms with Crippen LogP contribution in [0, 0.1) is 11.7 Å². The van der Waals surface area contributed by atoms with Crippen LogP contribution in [0.4, 0.5) is 4.39 Å². The van der Waals surface area contributed by atoms with Crippen LogP contribution < -0.4 is 5.73 Å². The molecule has 0 saturated heterocycles. The minimum Gasteiger partial charge on any atom is -0.329 e. The third-order valence-corrected chi connectivity index (χ3v) is 4.01. The number of nitrogens with two attached hydrogens (primary N) is 1. The van der Waals surface area contributed by atoms with Gasteiger partial charge in [-0.1, -0.05) is 22.0 Å². The molecule has 1 atom stereocenters. The second-order valence-electron chi connectivity index (χ2n) is 4.80. The molecule has 0 aliphatic heterocycles. The molecule has 1 saturated carbocycles. The lowest BCUT2D eigenvalue weighted by molar-refractivity contribution is 0.239. The number of halogens is 2. The normalized spacial score (nSPS) is 17.5. The maximum atomic E-state index is 13.1. The first-order valence-corrected chi connectivity index (χ1v) is 6.76. The van der Waals surface area contributed by atoms with Gasteiger partial charge in [-0.25, -0.2) is 4.39 Å². The molecule has 1 aliphatic carbocycles. The summed E-state index contributed by atoms with van der Waals surface area (Å²) in [6, 6.07) is 4.97. The first-order valence-electron chi connectivity index (χ1n) is 5.97. The number of benzene rings is 1. The number of rotatable bonds is 5. The lowest BCUT2D eigenvalue weighted by Gasteiger charge is -2.28. The van der Waals surface area contributed by atoms with Crippen molar-refractivity contribution in [2.75, 3.05) is 20.1 Å². The molecule has 1 fully saturated rings. The Labute approximate surface area is 110 Å². The summed E-state index contributed by atoms with van der Waals surface area (Å²) in [7, 11) is 2.09. The molecule has 94 valence electrons. The molecule has 0 amide bonds. The smallest absolute Gasteiger partial charge is 0.124 e. The maximum absolute atomic E-state index is 13.1. The van der Waals surface area contributed by atoms with E-state index in [0.29, 0.717) is 6.54 Å². The van der Waals surface area contributed by atoms with Crippen molar-refractivity contribution in [3.8, 4) is 0 Å². The average molecular weight is 301 g/mol. The van der Waals surface area contributed by atoms with E-state index in [4.69, 9.17) is 5.73 Å². The molecule has 17 heavy (non-hydrogen) atoms. The highest BCUT2D eigenvalue weighted by molar-refractivity contribution is 9.10. The molecule has 0 aromatic heterocycles. The Kier molecular flexibility index (Phi) is 4.17. The molecule has 4 heteroatoms. The zero-order valence-corrected chi connectivity index (χ0v) is 11.6. The highest BCUT2D eigenvalue weighted by Crippen LogP contribution is 2.33. The van der Waals surface area contributed by atoms with Gasteiger partial charge in [-0.3, -0.25) is 4.90 Å². The topological polar surface area (TPSA) is 29.3 Å². The molecular weight excluding hydrogens is 283 g/mol. The fourth-order valence-electron chi connectivity index (χ4n) is 2.15. The van der Waals surface area contributed by atoms with E-state index in [1.165, 1.54) is 25.0 Å². The van der Waals surface area contributed by atoms with E-state index in [-0.39, 0.29) is 11.9 Å². The molecule has 2 nitrogen and oxygen atoms in total. The summed E-state index contributed by atoms with van der Waals surface area (Å²) in [4.78, 5) is 2.27. The summed E-state index contributed by atoms with van der Waals surface area (Å²) in [5.74, 6) is 0.606. The molecule has 1 aromatic rings. The molecule has 0 radical (unpaired) electrons. The van der Waals surface area contributed by atoms with Crippen molar-refractivity contribution in [1.82, 2.24) is 4.90 Å². The molecule has 0 bridgehead atoms. The number of likely N-dealkylation sites (N-methyl/N-ethyl adjacent to an activating group) is 1. The van der Waals surface area contributed by atoms with Gasteiger partial charge in [-0.15, -0.1) is 0 Å². The molecular formula is C13H18BrFN2. The van der Waals surface area contributed by atoms with Crippen LogP contribution in [0.3, 0.4) is 0 Å². The van der Waals surface area contributed by atoms with Crippen molar-refractivity contribution in [2.45, 2.75) is 18.9 Å². The lowest BCUT2D eigenvalue weighted by atomic mass is 10.1. The SMILES string of the molecule is CN(CC1CC1)C(CN)c1ccc(F)cc1Br. The summed E-state index contributed by atoms with van der Waals surface area (Å²) >= 11 is 3.42. The van der Waals surface area contributed by atoms with Crippen molar-refractivity contribution >= 4 is 15.9 Å². The number of nitrogens with zero attached hydrogens (tertiary/aromatic N) is 1. The summed E-state index contributed by atoms with van der Waals surface area (Å²) in [5.41, 5.74) is 6.92.